The SMILES string of the molecule is N#CCCNC(=O)C(Cc1ccc2ccccc2c1)NC(=O)OCC#N. The number of fused-ring (bicyclic) bond motifs is 1. The lowest BCUT2D eigenvalue weighted by atomic mass is 10.0. The van der Waals surface area contributed by atoms with E-state index in [1.807, 2.05) is 48.5 Å². The van der Waals surface area contributed by atoms with Crippen LogP contribution in [0.25, 0.3) is 10.8 Å². The summed E-state index contributed by atoms with van der Waals surface area (Å²) >= 11 is 0. The zero-order valence-corrected chi connectivity index (χ0v) is 14.1. The summed E-state index contributed by atoms with van der Waals surface area (Å²) < 4.78 is 4.66. The topological polar surface area (TPSA) is 115 Å². The lowest BCUT2D eigenvalue weighted by Crippen LogP contribution is -2.48. The minimum absolute atomic E-state index is 0.174. The highest BCUT2D eigenvalue weighted by Gasteiger charge is 2.21. The number of ether oxygens (including phenoxy) is 1. The van der Waals surface area contributed by atoms with Gasteiger partial charge in [-0.3, -0.25) is 4.79 Å². The van der Waals surface area contributed by atoms with Gasteiger partial charge in [0.25, 0.3) is 0 Å². The monoisotopic (exact) mass is 350 g/mol. The molecule has 0 fully saturated rings. The lowest BCUT2D eigenvalue weighted by Gasteiger charge is -2.18. The van der Waals surface area contributed by atoms with E-state index < -0.39 is 24.6 Å². The Labute approximate surface area is 151 Å². The number of hydrogen-bond donors (Lipinski definition) is 2. The van der Waals surface area contributed by atoms with Gasteiger partial charge in [0, 0.05) is 13.0 Å². The second kappa shape index (κ2) is 9.65. The third kappa shape index (κ3) is 5.50. The van der Waals surface area contributed by atoms with E-state index in [0.717, 1.165) is 16.3 Å². The van der Waals surface area contributed by atoms with E-state index in [0.29, 0.717) is 0 Å². The van der Waals surface area contributed by atoms with Gasteiger partial charge in [-0.15, -0.1) is 0 Å². The molecule has 0 aliphatic rings. The fourth-order valence-electron chi connectivity index (χ4n) is 2.46. The van der Waals surface area contributed by atoms with Crippen LogP contribution in [0.2, 0.25) is 0 Å². The molecule has 2 aromatic carbocycles. The lowest BCUT2D eigenvalue weighted by molar-refractivity contribution is -0.123. The first-order valence-corrected chi connectivity index (χ1v) is 8.06. The Morgan fingerprint density at radius 2 is 1.85 bits per heavy atom. The van der Waals surface area contributed by atoms with Crippen LogP contribution in [0.5, 0.6) is 0 Å². The van der Waals surface area contributed by atoms with Crippen molar-refractivity contribution in [1.29, 1.82) is 10.5 Å². The summed E-state index contributed by atoms with van der Waals surface area (Å²) in [6, 6.07) is 16.4. The van der Waals surface area contributed by atoms with Crippen molar-refractivity contribution in [3.05, 3.63) is 48.0 Å². The van der Waals surface area contributed by atoms with Crippen LogP contribution >= 0.6 is 0 Å². The van der Waals surface area contributed by atoms with E-state index in [1.165, 1.54) is 0 Å². The molecule has 7 heteroatoms. The molecule has 1 unspecified atom stereocenters. The summed E-state index contributed by atoms with van der Waals surface area (Å²) in [6.45, 7) is -0.205. The number of carbonyl (C=O) groups excluding carboxylic acids is 2. The zero-order chi connectivity index (χ0) is 18.8. The van der Waals surface area contributed by atoms with Gasteiger partial charge in [0.2, 0.25) is 5.91 Å². The Bertz CT molecular complexity index is 867. The Hall–Kier alpha value is -3.58. The van der Waals surface area contributed by atoms with Crippen LogP contribution in [0.4, 0.5) is 4.79 Å². The third-order valence-electron chi connectivity index (χ3n) is 3.67. The molecule has 0 aliphatic heterocycles. The summed E-state index contributed by atoms with van der Waals surface area (Å²) in [5.41, 5.74) is 0.865. The van der Waals surface area contributed by atoms with Gasteiger partial charge in [-0.1, -0.05) is 42.5 Å². The summed E-state index contributed by atoms with van der Waals surface area (Å²) in [7, 11) is 0. The molecule has 0 saturated heterocycles. The van der Waals surface area contributed by atoms with Crippen molar-refractivity contribution in [2.24, 2.45) is 0 Å². The summed E-state index contributed by atoms with van der Waals surface area (Å²) in [6.07, 6.45) is -0.411. The number of benzene rings is 2. The van der Waals surface area contributed by atoms with E-state index >= 15 is 0 Å². The van der Waals surface area contributed by atoms with Crippen molar-refractivity contribution in [1.82, 2.24) is 10.6 Å². The predicted molar refractivity (Wildman–Crippen MR) is 94.8 cm³/mol. The van der Waals surface area contributed by atoms with Gasteiger partial charge in [0.15, 0.2) is 6.61 Å². The standard InChI is InChI=1S/C19H18N4O3/c20-8-3-10-22-18(24)17(23-19(25)26-11-9-21)13-14-6-7-15-4-1-2-5-16(15)12-14/h1-2,4-7,12,17H,3,10-11,13H2,(H,22,24)(H,23,25). The number of rotatable bonds is 7. The predicted octanol–water partition coefficient (Wildman–Crippen LogP) is 2.03. The molecule has 132 valence electrons. The van der Waals surface area contributed by atoms with Crippen molar-refractivity contribution < 1.29 is 14.3 Å². The maximum absolute atomic E-state index is 12.3. The van der Waals surface area contributed by atoms with Crippen molar-refractivity contribution >= 4 is 22.8 Å². The average molecular weight is 350 g/mol. The minimum atomic E-state index is -0.874. The number of hydrogen-bond acceptors (Lipinski definition) is 5. The first-order chi connectivity index (χ1) is 12.6. The highest BCUT2D eigenvalue weighted by atomic mass is 16.5. The molecule has 0 aliphatic carbocycles. The maximum Gasteiger partial charge on any atom is 0.408 e. The van der Waals surface area contributed by atoms with Gasteiger partial charge in [-0.25, -0.2) is 4.79 Å². The quantitative estimate of drug-likeness (QED) is 0.741. The summed E-state index contributed by atoms with van der Waals surface area (Å²) in [5, 5.41) is 24.2. The number of nitrogens with one attached hydrogen (secondary N) is 2. The largest absolute Gasteiger partial charge is 0.434 e. The van der Waals surface area contributed by atoms with Crippen LogP contribution < -0.4 is 10.6 Å². The Balaban J connectivity index is 2.12. The third-order valence-corrected chi connectivity index (χ3v) is 3.67. The van der Waals surface area contributed by atoms with Crippen LogP contribution in [0.1, 0.15) is 12.0 Å². The normalized spacial score (nSPS) is 11.0. The zero-order valence-electron chi connectivity index (χ0n) is 14.1. The molecule has 0 bridgehead atoms. The molecule has 7 nitrogen and oxygen atoms in total. The number of alkyl carbamates (subject to hydrolysis) is 1. The molecule has 2 amide bonds. The molecular weight excluding hydrogens is 332 g/mol. The fraction of sp³-hybridized carbons (Fsp3) is 0.263. The number of carbonyl (C=O) groups is 2. The van der Waals surface area contributed by atoms with Crippen molar-refractivity contribution in [3.8, 4) is 12.1 Å². The van der Waals surface area contributed by atoms with Crippen molar-refractivity contribution in [2.45, 2.75) is 18.9 Å². The highest BCUT2D eigenvalue weighted by molar-refractivity contribution is 5.87. The van der Waals surface area contributed by atoms with E-state index in [-0.39, 0.29) is 19.4 Å². The van der Waals surface area contributed by atoms with Crippen molar-refractivity contribution in [3.63, 3.8) is 0 Å². The smallest absolute Gasteiger partial charge is 0.408 e. The van der Waals surface area contributed by atoms with Crippen LogP contribution in [0.3, 0.4) is 0 Å². The van der Waals surface area contributed by atoms with E-state index in [1.54, 1.807) is 6.07 Å². The fourth-order valence-corrected chi connectivity index (χ4v) is 2.46. The Morgan fingerprint density at radius 3 is 2.58 bits per heavy atom. The van der Waals surface area contributed by atoms with Crippen LogP contribution in [-0.2, 0) is 16.0 Å². The van der Waals surface area contributed by atoms with Gasteiger partial charge >= 0.3 is 6.09 Å². The number of nitrogens with zero attached hydrogens (tertiary/aromatic N) is 2. The van der Waals surface area contributed by atoms with E-state index in [4.69, 9.17) is 10.5 Å². The van der Waals surface area contributed by atoms with Gasteiger partial charge in [-0.2, -0.15) is 10.5 Å². The second-order valence-electron chi connectivity index (χ2n) is 5.52. The highest BCUT2D eigenvalue weighted by Crippen LogP contribution is 2.16. The van der Waals surface area contributed by atoms with Crippen LogP contribution in [0, 0.1) is 22.7 Å². The average Bonchev–Trinajstić information content (AvgIpc) is 2.66. The van der Waals surface area contributed by atoms with Gasteiger partial charge in [0.1, 0.15) is 12.1 Å². The van der Waals surface area contributed by atoms with Gasteiger partial charge in [-0.05, 0) is 16.3 Å². The Kier molecular flexibility index (Phi) is 6.96. The molecule has 26 heavy (non-hydrogen) atoms. The molecule has 2 N–H and O–H groups in total. The molecule has 1 atom stereocenters. The molecule has 0 aromatic heterocycles. The van der Waals surface area contributed by atoms with Crippen molar-refractivity contribution in [2.75, 3.05) is 13.2 Å². The minimum Gasteiger partial charge on any atom is -0.434 e. The maximum atomic E-state index is 12.3. The molecular formula is C19H18N4O3. The molecule has 2 rings (SSSR count). The molecule has 2 aromatic rings. The number of amides is 2. The van der Waals surface area contributed by atoms with Crippen LogP contribution in [-0.4, -0.2) is 31.2 Å². The second-order valence-corrected chi connectivity index (χ2v) is 5.52. The molecule has 0 radical (unpaired) electrons. The molecule has 0 spiro atoms. The van der Waals surface area contributed by atoms with E-state index in [9.17, 15) is 9.59 Å². The van der Waals surface area contributed by atoms with Gasteiger partial charge < -0.3 is 15.4 Å². The molecule has 0 saturated carbocycles. The first-order valence-electron chi connectivity index (χ1n) is 8.06. The summed E-state index contributed by atoms with van der Waals surface area (Å²) in [4.78, 5) is 24.1. The first kappa shape index (κ1) is 18.8. The van der Waals surface area contributed by atoms with E-state index in [2.05, 4.69) is 15.4 Å². The van der Waals surface area contributed by atoms with Gasteiger partial charge in [0.05, 0.1) is 12.5 Å². The number of nitriles is 2. The van der Waals surface area contributed by atoms with Crippen LogP contribution in [0.15, 0.2) is 42.5 Å². The molecule has 0 heterocycles. The summed E-state index contributed by atoms with van der Waals surface area (Å²) in [5.74, 6) is -0.415. The Morgan fingerprint density at radius 1 is 1.08 bits per heavy atom.